The Kier molecular flexibility index (Phi) is 7.31. The lowest BCUT2D eigenvalue weighted by molar-refractivity contribution is -0.117. The summed E-state index contributed by atoms with van der Waals surface area (Å²) in [6, 6.07) is 6.78. The third-order valence-corrected chi connectivity index (χ3v) is 8.59. The van der Waals surface area contributed by atoms with Gasteiger partial charge in [-0.25, -0.2) is 19.0 Å². The molecule has 0 spiro atoms. The van der Waals surface area contributed by atoms with E-state index >= 15 is 0 Å². The zero-order chi connectivity index (χ0) is 27.7. The second-order valence-corrected chi connectivity index (χ2v) is 12.6. The van der Waals surface area contributed by atoms with Gasteiger partial charge in [-0.05, 0) is 45.7 Å². The largest absolute Gasteiger partial charge is 0.494 e. The number of hydrogen-bond acceptors (Lipinski definition) is 10. The molecule has 1 aromatic carbocycles. The highest BCUT2D eigenvalue weighted by molar-refractivity contribution is 7.93. The van der Waals surface area contributed by atoms with Gasteiger partial charge in [0.05, 0.1) is 43.4 Å². The summed E-state index contributed by atoms with van der Waals surface area (Å²) >= 11 is 0. The molecule has 2 heterocycles. The quantitative estimate of drug-likeness (QED) is 0.334. The van der Waals surface area contributed by atoms with Gasteiger partial charge in [0.15, 0.2) is 23.1 Å². The van der Waals surface area contributed by atoms with Gasteiger partial charge >= 0.3 is 0 Å². The Labute approximate surface area is 221 Å². The molecule has 0 aliphatic heterocycles. The molecule has 200 valence electrons. The van der Waals surface area contributed by atoms with E-state index in [1.165, 1.54) is 32.6 Å². The second-order valence-electron chi connectivity index (χ2n) is 9.76. The van der Waals surface area contributed by atoms with Crippen molar-refractivity contribution in [2.45, 2.75) is 43.3 Å². The van der Waals surface area contributed by atoms with Gasteiger partial charge in [-0.3, -0.25) is 9.59 Å². The maximum absolute atomic E-state index is 13.0. The molecule has 2 amide bonds. The molecule has 4 N–H and O–H groups in total. The second kappa shape index (κ2) is 10.3. The summed E-state index contributed by atoms with van der Waals surface area (Å²) in [5.74, 6) is 0.264. The van der Waals surface area contributed by atoms with Gasteiger partial charge in [-0.2, -0.15) is 0 Å². The first-order chi connectivity index (χ1) is 18.0. The molecule has 1 saturated carbocycles. The maximum atomic E-state index is 13.0. The van der Waals surface area contributed by atoms with E-state index in [9.17, 15) is 13.8 Å². The Morgan fingerprint density at radius 1 is 1.11 bits per heavy atom. The molecular weight excluding hydrogens is 508 g/mol. The number of nitrogens with zero attached hydrogens (tertiary/aromatic N) is 4. The number of rotatable bonds is 8. The van der Waals surface area contributed by atoms with Crippen LogP contribution in [0.3, 0.4) is 0 Å². The molecular formula is C25H30N8O4S. The summed E-state index contributed by atoms with van der Waals surface area (Å²) in [5.41, 5.74) is 1.34. The van der Waals surface area contributed by atoms with E-state index in [-0.39, 0.29) is 28.2 Å². The Morgan fingerprint density at radius 2 is 1.79 bits per heavy atom. The average Bonchev–Trinajstić information content (AvgIpc) is 3.73. The molecule has 4 rings (SSSR count). The summed E-state index contributed by atoms with van der Waals surface area (Å²) in [4.78, 5) is 33.7. The topological polar surface area (TPSA) is 172 Å². The standard InChI is InChI=1S/C25H30N8O4S/c1-25(2,3)38(26,36)15-12-28-22(29-13-15)16-7-6-8-17(21(16)37-5)30-18-11-19(31-23(34)14-9-10-14)32-33-20(18)24(35)27-4/h6-8,11-14,26H,9-10H2,1-5H3,(H,27,35)(H2,30,31,32,34). The van der Waals surface area contributed by atoms with Gasteiger partial charge in [0.1, 0.15) is 0 Å². The van der Waals surface area contributed by atoms with Crippen molar-refractivity contribution in [1.29, 1.82) is 4.78 Å². The monoisotopic (exact) mass is 538 g/mol. The number of aromatic nitrogens is 4. The summed E-state index contributed by atoms with van der Waals surface area (Å²) in [7, 11) is -0.153. The summed E-state index contributed by atoms with van der Waals surface area (Å²) < 4.78 is 26.2. The Hall–Kier alpha value is -4.13. The van der Waals surface area contributed by atoms with E-state index in [2.05, 4.69) is 36.1 Å². The van der Waals surface area contributed by atoms with Gasteiger partial charge in [-0.1, -0.05) is 6.07 Å². The fourth-order valence-corrected chi connectivity index (χ4v) is 4.65. The van der Waals surface area contributed by atoms with Crippen LogP contribution in [0.5, 0.6) is 5.75 Å². The van der Waals surface area contributed by atoms with E-state index in [1.807, 2.05) is 0 Å². The number of carbonyl (C=O) groups is 2. The molecule has 12 nitrogen and oxygen atoms in total. The van der Waals surface area contributed by atoms with E-state index < -0.39 is 20.4 Å². The van der Waals surface area contributed by atoms with Crippen molar-refractivity contribution in [3.63, 3.8) is 0 Å². The number of methoxy groups -OCH3 is 1. The molecule has 13 heteroatoms. The van der Waals surface area contributed by atoms with E-state index in [0.29, 0.717) is 28.5 Å². The van der Waals surface area contributed by atoms with Gasteiger partial charge < -0.3 is 20.7 Å². The number of hydrogen-bond donors (Lipinski definition) is 4. The molecule has 0 saturated heterocycles. The van der Waals surface area contributed by atoms with Crippen LogP contribution in [0.4, 0.5) is 17.2 Å². The molecule has 1 fully saturated rings. The Morgan fingerprint density at radius 3 is 2.37 bits per heavy atom. The van der Waals surface area contributed by atoms with Crippen molar-refractivity contribution in [2.75, 3.05) is 24.8 Å². The van der Waals surface area contributed by atoms with Crippen LogP contribution in [0, 0.1) is 10.7 Å². The summed E-state index contributed by atoms with van der Waals surface area (Å²) in [6.07, 6.45) is 4.47. The maximum Gasteiger partial charge on any atom is 0.273 e. The van der Waals surface area contributed by atoms with Gasteiger partial charge in [0.2, 0.25) is 5.91 Å². The third-order valence-electron chi connectivity index (χ3n) is 5.99. The minimum absolute atomic E-state index is 0.0253. The molecule has 3 aromatic rings. The Balaban J connectivity index is 1.70. The molecule has 2 aromatic heterocycles. The number of ether oxygens (including phenoxy) is 1. The van der Waals surface area contributed by atoms with Crippen molar-refractivity contribution in [1.82, 2.24) is 25.5 Å². The first-order valence-electron chi connectivity index (χ1n) is 11.9. The third kappa shape index (κ3) is 5.42. The van der Waals surface area contributed by atoms with Gasteiger partial charge in [0.25, 0.3) is 5.91 Å². The number of benzene rings is 1. The van der Waals surface area contributed by atoms with Crippen LogP contribution >= 0.6 is 0 Å². The lowest BCUT2D eigenvalue weighted by Gasteiger charge is -2.22. The molecule has 1 atom stereocenters. The van der Waals surface area contributed by atoms with Crippen LogP contribution in [0.25, 0.3) is 11.4 Å². The SMILES string of the molecule is CNC(=O)c1nnc(NC(=O)C2CC2)cc1Nc1cccc(-c2ncc(S(=N)(=O)C(C)(C)C)cn2)c1OC. The van der Waals surface area contributed by atoms with Crippen LogP contribution in [0.2, 0.25) is 0 Å². The van der Waals surface area contributed by atoms with Crippen LogP contribution in [0.15, 0.2) is 41.6 Å². The smallest absolute Gasteiger partial charge is 0.273 e. The highest BCUT2D eigenvalue weighted by atomic mass is 32.2. The van der Waals surface area contributed by atoms with Crippen LogP contribution in [-0.4, -0.2) is 55.1 Å². The predicted octanol–water partition coefficient (Wildman–Crippen LogP) is 3.60. The van der Waals surface area contributed by atoms with Crippen molar-refractivity contribution in [3.8, 4) is 17.1 Å². The predicted molar refractivity (Wildman–Crippen MR) is 143 cm³/mol. The first kappa shape index (κ1) is 26.9. The summed E-state index contributed by atoms with van der Waals surface area (Å²) in [6.45, 7) is 5.20. The fourth-order valence-electron chi connectivity index (χ4n) is 3.54. The number of para-hydroxylation sites is 1. The molecule has 1 unspecified atom stereocenters. The number of amides is 2. The first-order valence-corrected chi connectivity index (χ1v) is 13.5. The van der Waals surface area contributed by atoms with Crippen molar-refractivity contribution in [2.24, 2.45) is 5.92 Å². The van der Waals surface area contributed by atoms with E-state index in [1.54, 1.807) is 39.0 Å². The number of nitrogens with one attached hydrogen (secondary N) is 4. The van der Waals surface area contributed by atoms with Crippen molar-refractivity contribution < 1.29 is 18.5 Å². The molecule has 1 aliphatic rings. The number of carbonyl (C=O) groups excluding carboxylic acids is 2. The minimum atomic E-state index is -3.12. The normalized spacial score (nSPS) is 14.8. The van der Waals surface area contributed by atoms with Gasteiger partial charge in [-0.15, -0.1) is 10.2 Å². The molecule has 38 heavy (non-hydrogen) atoms. The van der Waals surface area contributed by atoms with Crippen molar-refractivity contribution in [3.05, 3.63) is 42.4 Å². The molecule has 1 aliphatic carbocycles. The fraction of sp³-hybridized carbons (Fsp3) is 0.360. The van der Waals surface area contributed by atoms with Crippen LogP contribution < -0.4 is 20.7 Å². The van der Waals surface area contributed by atoms with Crippen LogP contribution in [-0.2, 0) is 14.5 Å². The summed E-state index contributed by atoms with van der Waals surface area (Å²) in [5, 5.41) is 16.4. The van der Waals surface area contributed by atoms with Crippen LogP contribution in [0.1, 0.15) is 44.1 Å². The zero-order valence-electron chi connectivity index (χ0n) is 21.8. The highest BCUT2D eigenvalue weighted by Gasteiger charge is 2.30. The van der Waals surface area contributed by atoms with Gasteiger partial charge in [0, 0.05) is 31.4 Å². The van der Waals surface area contributed by atoms with Crippen molar-refractivity contribution >= 4 is 38.7 Å². The van der Waals surface area contributed by atoms with E-state index in [0.717, 1.165) is 12.8 Å². The number of anilines is 3. The highest BCUT2D eigenvalue weighted by Crippen LogP contribution is 2.38. The zero-order valence-corrected chi connectivity index (χ0v) is 22.6. The Bertz CT molecular complexity index is 1480. The van der Waals surface area contributed by atoms with E-state index in [4.69, 9.17) is 9.52 Å². The minimum Gasteiger partial charge on any atom is -0.494 e. The molecule has 0 radical (unpaired) electrons. The average molecular weight is 539 g/mol. The lowest BCUT2D eigenvalue weighted by Crippen LogP contribution is -2.27. The lowest BCUT2D eigenvalue weighted by atomic mass is 10.1. The molecule has 0 bridgehead atoms.